The zero-order valence-corrected chi connectivity index (χ0v) is 17.2. The van der Waals surface area contributed by atoms with Crippen molar-refractivity contribution in [2.24, 2.45) is 0 Å². The molecule has 0 spiro atoms. The summed E-state index contributed by atoms with van der Waals surface area (Å²) >= 11 is 12.9. The summed E-state index contributed by atoms with van der Waals surface area (Å²) in [6, 6.07) is 13.6. The van der Waals surface area contributed by atoms with E-state index in [-0.39, 0.29) is 15.6 Å². The van der Waals surface area contributed by atoms with Crippen molar-refractivity contribution < 1.29 is 18.9 Å². The Morgan fingerprint density at radius 2 is 1.87 bits per heavy atom. The van der Waals surface area contributed by atoms with Gasteiger partial charge in [-0.05, 0) is 48.2 Å². The predicted octanol–water partition coefficient (Wildman–Crippen LogP) is 6.40. The summed E-state index contributed by atoms with van der Waals surface area (Å²) in [5.41, 5.74) is 0.587. The number of furan rings is 1. The van der Waals surface area contributed by atoms with Gasteiger partial charge < -0.3 is 4.42 Å². The normalized spacial score (nSPS) is 15.3. The third-order valence-corrected chi connectivity index (χ3v) is 5.62. The average molecular weight is 461 g/mol. The summed E-state index contributed by atoms with van der Waals surface area (Å²) in [6.07, 6.45) is 1.43. The van der Waals surface area contributed by atoms with Crippen molar-refractivity contribution in [1.82, 2.24) is 0 Å². The minimum absolute atomic E-state index is 0.130. The first-order valence-electron chi connectivity index (χ1n) is 8.41. The molecule has 1 aliphatic rings. The molecule has 4 rings (SSSR count). The van der Waals surface area contributed by atoms with Crippen molar-refractivity contribution in [3.63, 3.8) is 0 Å². The number of benzene rings is 2. The quantitative estimate of drug-likeness (QED) is 0.254. The van der Waals surface area contributed by atoms with E-state index in [4.69, 9.17) is 27.6 Å². The molecule has 0 aliphatic carbocycles. The van der Waals surface area contributed by atoms with Crippen LogP contribution < -0.4 is 4.90 Å². The summed E-state index contributed by atoms with van der Waals surface area (Å²) in [5.74, 6) is 0.0896. The molecular formula is C20H10Cl2N2O5S. The van der Waals surface area contributed by atoms with Crippen LogP contribution in [-0.4, -0.2) is 16.1 Å². The Bertz CT molecular complexity index is 1240. The van der Waals surface area contributed by atoms with Crippen LogP contribution in [0.15, 0.2) is 63.9 Å². The first kappa shape index (κ1) is 20.2. The van der Waals surface area contributed by atoms with Gasteiger partial charge in [-0.15, -0.1) is 0 Å². The number of hydrogen-bond acceptors (Lipinski definition) is 6. The summed E-state index contributed by atoms with van der Waals surface area (Å²) in [7, 11) is 0. The highest BCUT2D eigenvalue weighted by molar-refractivity contribution is 8.19. The maximum atomic E-state index is 12.7. The molecular weight excluding hydrogens is 451 g/mol. The average Bonchev–Trinajstić information content (AvgIpc) is 3.26. The van der Waals surface area contributed by atoms with Crippen LogP contribution in [0.3, 0.4) is 0 Å². The first-order valence-corrected chi connectivity index (χ1v) is 9.98. The second kappa shape index (κ2) is 7.98. The summed E-state index contributed by atoms with van der Waals surface area (Å²) in [5, 5.41) is 11.2. The van der Waals surface area contributed by atoms with E-state index in [0.717, 1.165) is 16.7 Å². The minimum atomic E-state index is -0.532. The topological polar surface area (TPSA) is 93.7 Å². The smallest absolute Gasteiger partial charge is 0.298 e. The Morgan fingerprint density at radius 1 is 1.07 bits per heavy atom. The van der Waals surface area contributed by atoms with Crippen molar-refractivity contribution in [2.75, 3.05) is 4.90 Å². The van der Waals surface area contributed by atoms with E-state index in [2.05, 4.69) is 0 Å². The Hall–Kier alpha value is -3.07. The lowest BCUT2D eigenvalue weighted by atomic mass is 10.1. The molecule has 1 fully saturated rings. The Labute approximate surface area is 184 Å². The number of carbonyl (C=O) groups is 2. The highest BCUT2D eigenvalue weighted by atomic mass is 35.5. The van der Waals surface area contributed by atoms with Crippen LogP contribution in [0.4, 0.5) is 16.2 Å². The van der Waals surface area contributed by atoms with E-state index < -0.39 is 16.1 Å². The molecule has 2 heterocycles. The Balaban J connectivity index is 1.64. The number of carbonyl (C=O) groups excluding carboxylic acids is 2. The van der Waals surface area contributed by atoms with E-state index >= 15 is 0 Å². The highest BCUT2D eigenvalue weighted by Gasteiger charge is 2.36. The number of rotatable bonds is 4. The Morgan fingerprint density at radius 3 is 2.60 bits per heavy atom. The first-order chi connectivity index (χ1) is 14.3. The zero-order valence-electron chi connectivity index (χ0n) is 14.9. The van der Waals surface area contributed by atoms with Crippen LogP contribution in [-0.2, 0) is 4.79 Å². The number of hydrogen-bond donors (Lipinski definition) is 0. The van der Waals surface area contributed by atoms with Crippen molar-refractivity contribution in [3.05, 3.63) is 85.4 Å². The van der Waals surface area contributed by atoms with E-state index in [1.54, 1.807) is 30.3 Å². The van der Waals surface area contributed by atoms with Crippen LogP contribution >= 0.6 is 35.0 Å². The van der Waals surface area contributed by atoms with Crippen molar-refractivity contribution in [2.45, 2.75) is 0 Å². The van der Waals surface area contributed by atoms with Gasteiger partial charge >= 0.3 is 0 Å². The molecule has 10 heteroatoms. The van der Waals surface area contributed by atoms with Crippen LogP contribution in [0, 0.1) is 10.1 Å². The Kier molecular flexibility index (Phi) is 5.38. The standard InChI is InChI=1S/C20H10Cl2N2O5S/c21-11-2-1-3-12(8-11)23-19(25)18(30-20(23)26)10-14-5-7-17(29-14)15-9-13(24(27)28)4-6-16(15)22/h1-10H/b18-10+. The molecule has 150 valence electrons. The molecule has 0 saturated carbocycles. The van der Waals surface area contributed by atoms with Gasteiger partial charge in [-0.25, -0.2) is 4.90 Å². The molecule has 2 amide bonds. The minimum Gasteiger partial charge on any atom is -0.457 e. The van der Waals surface area contributed by atoms with Crippen LogP contribution in [0.2, 0.25) is 10.0 Å². The number of nitro benzene ring substituents is 1. The fourth-order valence-electron chi connectivity index (χ4n) is 2.83. The van der Waals surface area contributed by atoms with Gasteiger partial charge in [0.1, 0.15) is 11.5 Å². The largest absolute Gasteiger partial charge is 0.457 e. The van der Waals surface area contributed by atoms with Crippen LogP contribution in [0.1, 0.15) is 5.76 Å². The molecule has 1 saturated heterocycles. The number of imide groups is 1. The summed E-state index contributed by atoms with van der Waals surface area (Å²) in [6.45, 7) is 0. The molecule has 3 aromatic rings. The van der Waals surface area contributed by atoms with E-state index in [0.29, 0.717) is 27.8 Å². The van der Waals surface area contributed by atoms with E-state index in [1.165, 1.54) is 30.3 Å². The van der Waals surface area contributed by atoms with Gasteiger partial charge in [0, 0.05) is 28.8 Å². The molecule has 1 aliphatic heterocycles. The lowest BCUT2D eigenvalue weighted by molar-refractivity contribution is -0.384. The predicted molar refractivity (Wildman–Crippen MR) is 116 cm³/mol. The zero-order chi connectivity index (χ0) is 21.4. The summed E-state index contributed by atoms with van der Waals surface area (Å²) < 4.78 is 5.69. The van der Waals surface area contributed by atoms with Gasteiger partial charge in [-0.2, -0.15) is 0 Å². The third kappa shape index (κ3) is 3.85. The van der Waals surface area contributed by atoms with Gasteiger partial charge in [0.05, 0.1) is 20.5 Å². The van der Waals surface area contributed by atoms with Crippen molar-refractivity contribution >= 4 is 63.6 Å². The van der Waals surface area contributed by atoms with Gasteiger partial charge in [0.25, 0.3) is 16.8 Å². The van der Waals surface area contributed by atoms with Gasteiger partial charge in [-0.1, -0.05) is 29.3 Å². The van der Waals surface area contributed by atoms with Crippen LogP contribution in [0.5, 0.6) is 0 Å². The molecule has 0 N–H and O–H groups in total. The maximum Gasteiger partial charge on any atom is 0.298 e. The summed E-state index contributed by atoms with van der Waals surface area (Å²) in [4.78, 5) is 36.7. The molecule has 0 radical (unpaired) electrons. The number of halogens is 2. The molecule has 0 bridgehead atoms. The van der Waals surface area contributed by atoms with E-state index in [9.17, 15) is 19.7 Å². The lowest BCUT2D eigenvalue weighted by Gasteiger charge is -2.12. The second-order valence-corrected chi connectivity index (χ2v) is 7.96. The third-order valence-electron chi connectivity index (χ3n) is 4.19. The second-order valence-electron chi connectivity index (χ2n) is 6.12. The fourth-order valence-corrected chi connectivity index (χ4v) is 4.04. The van der Waals surface area contributed by atoms with Gasteiger partial charge in [-0.3, -0.25) is 19.7 Å². The van der Waals surface area contributed by atoms with Gasteiger partial charge in [0.2, 0.25) is 0 Å². The SMILES string of the molecule is O=C1S/C(=C/c2ccc(-c3cc([N+](=O)[O-])ccc3Cl)o2)C(=O)N1c1cccc(Cl)c1. The van der Waals surface area contributed by atoms with Crippen molar-refractivity contribution in [3.8, 4) is 11.3 Å². The molecule has 0 atom stereocenters. The van der Waals surface area contributed by atoms with Crippen molar-refractivity contribution in [1.29, 1.82) is 0 Å². The number of thioether (sulfide) groups is 1. The fraction of sp³-hybridized carbons (Fsp3) is 0. The molecule has 7 nitrogen and oxygen atoms in total. The number of amides is 2. The maximum absolute atomic E-state index is 12.7. The molecule has 0 unspecified atom stereocenters. The number of nitro groups is 1. The number of anilines is 1. The highest BCUT2D eigenvalue weighted by Crippen LogP contribution is 2.38. The molecule has 1 aromatic heterocycles. The lowest BCUT2D eigenvalue weighted by Crippen LogP contribution is -2.27. The number of non-ortho nitro benzene ring substituents is 1. The van der Waals surface area contributed by atoms with Crippen LogP contribution in [0.25, 0.3) is 17.4 Å². The molecule has 2 aromatic carbocycles. The van der Waals surface area contributed by atoms with Gasteiger partial charge in [0.15, 0.2) is 0 Å². The van der Waals surface area contributed by atoms with E-state index in [1.807, 2.05) is 0 Å². The number of nitrogens with zero attached hydrogens (tertiary/aromatic N) is 2. The monoisotopic (exact) mass is 460 g/mol. The molecule has 30 heavy (non-hydrogen) atoms.